The number of nitrogens with zero attached hydrogens (tertiary/aromatic N) is 1. The van der Waals surface area contributed by atoms with Gasteiger partial charge in [0, 0.05) is 30.4 Å². The first-order chi connectivity index (χ1) is 6.72. The molecule has 3 N–H and O–H groups in total. The summed E-state index contributed by atoms with van der Waals surface area (Å²) in [5, 5.41) is 8.93. The van der Waals surface area contributed by atoms with Gasteiger partial charge >= 0.3 is 0 Å². The molecule has 0 spiro atoms. The highest BCUT2D eigenvalue weighted by atomic mass is 16.3. The predicted molar refractivity (Wildman–Crippen MR) is 58.6 cm³/mol. The van der Waals surface area contributed by atoms with Crippen molar-refractivity contribution in [2.45, 2.75) is 12.8 Å². The van der Waals surface area contributed by atoms with Gasteiger partial charge in [-0.25, -0.2) is 0 Å². The standard InChI is InChI=1S/C11H16N2O/c1-8-7-13(4-5-14)11-6-9(12)2-3-10(8)11/h2-3,6,8,14H,4-5,7,12H2,1H3. The molecule has 3 heteroatoms. The van der Waals surface area contributed by atoms with Gasteiger partial charge in [-0.15, -0.1) is 0 Å². The molecule has 0 bridgehead atoms. The Bertz CT molecular complexity index is 338. The minimum atomic E-state index is 0.195. The third kappa shape index (κ3) is 1.44. The highest BCUT2D eigenvalue weighted by molar-refractivity contribution is 5.65. The quantitative estimate of drug-likeness (QED) is 0.692. The number of nitrogen functional groups attached to an aromatic ring is 1. The number of fused-ring (bicyclic) bond motifs is 1. The Kier molecular flexibility index (Phi) is 2.33. The Hall–Kier alpha value is -1.22. The number of benzene rings is 1. The lowest BCUT2D eigenvalue weighted by Gasteiger charge is -2.18. The smallest absolute Gasteiger partial charge is 0.0606 e. The van der Waals surface area contributed by atoms with E-state index in [1.165, 1.54) is 11.3 Å². The summed E-state index contributed by atoms with van der Waals surface area (Å²) < 4.78 is 0. The zero-order valence-electron chi connectivity index (χ0n) is 8.40. The molecule has 2 rings (SSSR count). The molecule has 1 aromatic carbocycles. The van der Waals surface area contributed by atoms with Crippen LogP contribution in [-0.2, 0) is 0 Å². The lowest BCUT2D eigenvalue weighted by atomic mass is 10.0. The van der Waals surface area contributed by atoms with E-state index in [1.54, 1.807) is 0 Å². The maximum atomic E-state index is 8.93. The van der Waals surface area contributed by atoms with Gasteiger partial charge in [-0.3, -0.25) is 0 Å². The van der Waals surface area contributed by atoms with Crippen molar-refractivity contribution in [3.8, 4) is 0 Å². The number of anilines is 2. The van der Waals surface area contributed by atoms with Crippen LogP contribution in [0.1, 0.15) is 18.4 Å². The molecule has 0 saturated heterocycles. The average molecular weight is 192 g/mol. The van der Waals surface area contributed by atoms with Crippen molar-refractivity contribution < 1.29 is 5.11 Å². The number of aliphatic hydroxyl groups is 1. The summed E-state index contributed by atoms with van der Waals surface area (Å²) in [6, 6.07) is 6.03. The maximum Gasteiger partial charge on any atom is 0.0606 e. The Labute approximate surface area is 84.1 Å². The first kappa shape index (κ1) is 9.34. The SMILES string of the molecule is CC1CN(CCO)c2cc(N)ccc21. The molecule has 1 aliphatic rings. The van der Waals surface area contributed by atoms with Crippen LogP contribution in [-0.4, -0.2) is 24.8 Å². The minimum absolute atomic E-state index is 0.195. The number of aliphatic hydroxyl groups excluding tert-OH is 1. The molecule has 0 radical (unpaired) electrons. The van der Waals surface area contributed by atoms with E-state index in [9.17, 15) is 0 Å². The maximum absolute atomic E-state index is 8.93. The molecular weight excluding hydrogens is 176 g/mol. The summed E-state index contributed by atoms with van der Waals surface area (Å²) in [6.45, 7) is 4.08. The second kappa shape index (κ2) is 3.50. The Morgan fingerprint density at radius 2 is 2.36 bits per heavy atom. The van der Waals surface area contributed by atoms with E-state index in [2.05, 4.69) is 17.9 Å². The van der Waals surface area contributed by atoms with E-state index >= 15 is 0 Å². The lowest BCUT2D eigenvalue weighted by molar-refractivity contribution is 0.302. The highest BCUT2D eigenvalue weighted by Crippen LogP contribution is 2.36. The van der Waals surface area contributed by atoms with Gasteiger partial charge < -0.3 is 15.7 Å². The second-order valence-electron chi connectivity index (χ2n) is 3.89. The second-order valence-corrected chi connectivity index (χ2v) is 3.89. The van der Waals surface area contributed by atoms with Crippen molar-refractivity contribution in [2.75, 3.05) is 30.3 Å². The monoisotopic (exact) mass is 192 g/mol. The van der Waals surface area contributed by atoms with Crippen molar-refractivity contribution in [1.29, 1.82) is 0 Å². The molecule has 0 fully saturated rings. The third-order valence-corrected chi connectivity index (χ3v) is 2.79. The van der Waals surface area contributed by atoms with Crippen LogP contribution in [0.5, 0.6) is 0 Å². The largest absolute Gasteiger partial charge is 0.399 e. The molecule has 1 aliphatic heterocycles. The van der Waals surface area contributed by atoms with Gasteiger partial charge in [0.25, 0.3) is 0 Å². The fourth-order valence-electron chi connectivity index (χ4n) is 2.11. The fourth-order valence-corrected chi connectivity index (χ4v) is 2.11. The third-order valence-electron chi connectivity index (χ3n) is 2.79. The number of nitrogens with two attached hydrogens (primary N) is 1. The van der Waals surface area contributed by atoms with Crippen LogP contribution in [0.25, 0.3) is 0 Å². The van der Waals surface area contributed by atoms with Crippen molar-refractivity contribution in [3.05, 3.63) is 23.8 Å². The molecule has 0 saturated carbocycles. The Morgan fingerprint density at radius 1 is 1.57 bits per heavy atom. The van der Waals surface area contributed by atoms with Crippen LogP contribution in [0.15, 0.2) is 18.2 Å². The molecule has 1 heterocycles. The zero-order valence-corrected chi connectivity index (χ0v) is 8.40. The lowest BCUT2D eigenvalue weighted by Crippen LogP contribution is -2.24. The van der Waals surface area contributed by atoms with E-state index in [0.717, 1.165) is 12.2 Å². The van der Waals surface area contributed by atoms with Crippen LogP contribution >= 0.6 is 0 Å². The summed E-state index contributed by atoms with van der Waals surface area (Å²) >= 11 is 0. The van der Waals surface area contributed by atoms with Gasteiger partial charge in [-0.05, 0) is 17.7 Å². The minimum Gasteiger partial charge on any atom is -0.399 e. The Morgan fingerprint density at radius 3 is 3.07 bits per heavy atom. The first-order valence-electron chi connectivity index (χ1n) is 4.97. The molecule has 14 heavy (non-hydrogen) atoms. The van der Waals surface area contributed by atoms with Gasteiger partial charge in [0.1, 0.15) is 0 Å². The molecule has 0 aromatic heterocycles. The molecule has 1 atom stereocenters. The van der Waals surface area contributed by atoms with Crippen molar-refractivity contribution in [1.82, 2.24) is 0 Å². The van der Waals surface area contributed by atoms with Crippen molar-refractivity contribution in [2.24, 2.45) is 0 Å². The summed E-state index contributed by atoms with van der Waals surface area (Å²) in [7, 11) is 0. The molecule has 1 aromatic rings. The number of β-amino-alcohol motifs (C(OH)–C–C–N with tert-alkyl or cyclic N) is 1. The van der Waals surface area contributed by atoms with Gasteiger partial charge in [0.2, 0.25) is 0 Å². The van der Waals surface area contributed by atoms with Crippen LogP contribution in [0, 0.1) is 0 Å². The molecular formula is C11H16N2O. The fraction of sp³-hybridized carbons (Fsp3) is 0.455. The molecule has 0 aliphatic carbocycles. The predicted octanol–water partition coefficient (Wildman–Crippen LogP) is 1.18. The highest BCUT2D eigenvalue weighted by Gasteiger charge is 2.24. The summed E-state index contributed by atoms with van der Waals surface area (Å²) in [5.74, 6) is 0.539. The number of hydrogen-bond donors (Lipinski definition) is 2. The van der Waals surface area contributed by atoms with Crippen LogP contribution in [0.2, 0.25) is 0 Å². The van der Waals surface area contributed by atoms with Crippen LogP contribution < -0.4 is 10.6 Å². The molecule has 1 unspecified atom stereocenters. The van der Waals surface area contributed by atoms with Crippen LogP contribution in [0.4, 0.5) is 11.4 Å². The summed E-state index contributed by atoms with van der Waals surface area (Å²) in [5.41, 5.74) is 9.06. The number of rotatable bonds is 2. The van der Waals surface area contributed by atoms with E-state index in [0.29, 0.717) is 12.5 Å². The van der Waals surface area contributed by atoms with Gasteiger partial charge in [0.15, 0.2) is 0 Å². The molecule has 0 amide bonds. The zero-order chi connectivity index (χ0) is 10.1. The van der Waals surface area contributed by atoms with E-state index < -0.39 is 0 Å². The Balaban J connectivity index is 2.35. The number of hydrogen-bond acceptors (Lipinski definition) is 3. The van der Waals surface area contributed by atoms with E-state index in [1.807, 2.05) is 12.1 Å². The van der Waals surface area contributed by atoms with Crippen molar-refractivity contribution in [3.63, 3.8) is 0 Å². The first-order valence-corrected chi connectivity index (χ1v) is 4.97. The molecule has 3 nitrogen and oxygen atoms in total. The van der Waals surface area contributed by atoms with Crippen molar-refractivity contribution >= 4 is 11.4 Å². The molecule has 76 valence electrons. The summed E-state index contributed by atoms with van der Waals surface area (Å²) in [6.07, 6.45) is 0. The van der Waals surface area contributed by atoms with Gasteiger partial charge in [-0.2, -0.15) is 0 Å². The van der Waals surface area contributed by atoms with Gasteiger partial charge in [-0.1, -0.05) is 13.0 Å². The normalized spacial score (nSPS) is 19.9. The van der Waals surface area contributed by atoms with Gasteiger partial charge in [0.05, 0.1) is 6.61 Å². The average Bonchev–Trinajstić information content (AvgIpc) is 2.44. The van der Waals surface area contributed by atoms with Crippen LogP contribution in [0.3, 0.4) is 0 Å². The summed E-state index contributed by atoms with van der Waals surface area (Å²) in [4.78, 5) is 2.19. The van der Waals surface area contributed by atoms with E-state index in [4.69, 9.17) is 10.8 Å². The topological polar surface area (TPSA) is 49.5 Å². The van der Waals surface area contributed by atoms with E-state index in [-0.39, 0.29) is 6.61 Å².